The first kappa shape index (κ1) is 21.7. The van der Waals surface area contributed by atoms with Crippen LogP contribution in [0.2, 0.25) is 0 Å². The molecule has 7 heteroatoms. The lowest BCUT2D eigenvalue weighted by Gasteiger charge is -2.24. The standard InChI is InChI=1S/C23H25F2NO4/c1-23(2,3)30-21(27)19(12-20(24)25)26-22(28)29-13-18-16-10-6-4-8-14(16)15-9-5-7-11-17(15)18/h4-11,18-20H,12-13H2,1-3H3,(H,26,28)/t19-/m0/s1. The Labute approximate surface area is 174 Å². The highest BCUT2D eigenvalue weighted by molar-refractivity contribution is 5.82. The first-order valence-electron chi connectivity index (χ1n) is 9.78. The number of amides is 1. The molecular formula is C23H25F2NO4. The van der Waals surface area contributed by atoms with Crippen LogP contribution in [0.15, 0.2) is 48.5 Å². The van der Waals surface area contributed by atoms with E-state index in [0.717, 1.165) is 22.3 Å². The van der Waals surface area contributed by atoms with E-state index in [1.165, 1.54) is 0 Å². The molecule has 0 aromatic heterocycles. The quantitative estimate of drug-likeness (QED) is 0.680. The van der Waals surface area contributed by atoms with Crippen molar-refractivity contribution in [3.63, 3.8) is 0 Å². The lowest BCUT2D eigenvalue weighted by Crippen LogP contribution is -2.45. The smallest absolute Gasteiger partial charge is 0.407 e. The molecule has 2 aromatic rings. The molecular weight excluding hydrogens is 392 g/mol. The Bertz CT molecular complexity index is 878. The molecule has 5 nitrogen and oxygen atoms in total. The normalized spacial score (nSPS) is 14.1. The molecule has 0 saturated carbocycles. The van der Waals surface area contributed by atoms with Crippen LogP contribution in [-0.4, -0.2) is 36.7 Å². The largest absolute Gasteiger partial charge is 0.458 e. The molecule has 30 heavy (non-hydrogen) atoms. The maximum absolute atomic E-state index is 12.9. The number of benzene rings is 2. The molecule has 1 atom stereocenters. The highest BCUT2D eigenvalue weighted by atomic mass is 19.3. The molecule has 1 aliphatic rings. The first-order chi connectivity index (χ1) is 14.2. The molecule has 1 amide bonds. The number of nitrogens with one attached hydrogen (secondary N) is 1. The summed E-state index contributed by atoms with van der Waals surface area (Å²) < 4.78 is 36.2. The molecule has 3 rings (SSSR count). The number of alkyl halides is 2. The minimum atomic E-state index is -2.78. The van der Waals surface area contributed by atoms with Gasteiger partial charge in [0, 0.05) is 12.3 Å². The van der Waals surface area contributed by atoms with Crippen LogP contribution in [0, 0.1) is 0 Å². The Kier molecular flexibility index (Phi) is 6.39. The maximum Gasteiger partial charge on any atom is 0.407 e. The fraction of sp³-hybridized carbons (Fsp3) is 0.391. The third-order valence-corrected chi connectivity index (χ3v) is 4.74. The van der Waals surface area contributed by atoms with Crippen LogP contribution in [0.4, 0.5) is 13.6 Å². The number of ether oxygens (including phenoxy) is 2. The Morgan fingerprint density at radius 2 is 1.53 bits per heavy atom. The van der Waals surface area contributed by atoms with Gasteiger partial charge in [-0.05, 0) is 43.0 Å². The van der Waals surface area contributed by atoms with Crippen LogP contribution in [0.1, 0.15) is 44.2 Å². The van der Waals surface area contributed by atoms with Gasteiger partial charge in [-0.25, -0.2) is 18.4 Å². The minimum Gasteiger partial charge on any atom is -0.458 e. The molecule has 0 unspecified atom stereocenters. The molecule has 0 bridgehead atoms. The molecule has 0 radical (unpaired) electrons. The van der Waals surface area contributed by atoms with Crippen molar-refractivity contribution in [3.8, 4) is 11.1 Å². The van der Waals surface area contributed by atoms with Crippen molar-refractivity contribution in [2.24, 2.45) is 0 Å². The van der Waals surface area contributed by atoms with Crippen LogP contribution >= 0.6 is 0 Å². The van der Waals surface area contributed by atoms with Crippen LogP contribution < -0.4 is 5.32 Å². The summed E-state index contributed by atoms with van der Waals surface area (Å²) in [4.78, 5) is 24.5. The molecule has 0 saturated heterocycles. The summed E-state index contributed by atoms with van der Waals surface area (Å²) in [6, 6.07) is 14.2. The number of rotatable bonds is 6. The Balaban J connectivity index is 1.68. The second kappa shape index (κ2) is 8.81. The van der Waals surface area contributed by atoms with Gasteiger partial charge in [-0.3, -0.25) is 0 Å². The van der Waals surface area contributed by atoms with E-state index in [0.29, 0.717) is 0 Å². The van der Waals surface area contributed by atoms with Crippen molar-refractivity contribution in [2.75, 3.05) is 6.61 Å². The maximum atomic E-state index is 12.9. The number of hydrogen-bond donors (Lipinski definition) is 1. The van der Waals surface area contributed by atoms with E-state index in [9.17, 15) is 18.4 Å². The van der Waals surface area contributed by atoms with Gasteiger partial charge in [0.2, 0.25) is 6.43 Å². The summed E-state index contributed by atoms with van der Waals surface area (Å²) in [6.45, 7) is 4.89. The van der Waals surface area contributed by atoms with E-state index >= 15 is 0 Å². The fourth-order valence-corrected chi connectivity index (χ4v) is 3.55. The summed E-state index contributed by atoms with van der Waals surface area (Å²) in [5.74, 6) is -1.09. The second-order valence-electron chi connectivity index (χ2n) is 8.18. The van der Waals surface area contributed by atoms with Gasteiger partial charge in [-0.2, -0.15) is 0 Å². The predicted octanol–water partition coefficient (Wildman–Crippen LogP) is 4.89. The Morgan fingerprint density at radius 3 is 2.03 bits per heavy atom. The lowest BCUT2D eigenvalue weighted by atomic mass is 9.98. The summed E-state index contributed by atoms with van der Waals surface area (Å²) in [6.07, 6.45) is -4.57. The zero-order chi connectivity index (χ0) is 21.9. The zero-order valence-electron chi connectivity index (χ0n) is 17.2. The van der Waals surface area contributed by atoms with Crippen molar-refractivity contribution in [2.45, 2.75) is 51.2 Å². The third-order valence-electron chi connectivity index (χ3n) is 4.74. The number of hydrogen-bond acceptors (Lipinski definition) is 4. The number of esters is 1. The molecule has 0 fully saturated rings. The van der Waals surface area contributed by atoms with Gasteiger partial charge >= 0.3 is 12.1 Å². The van der Waals surface area contributed by atoms with E-state index < -0.39 is 36.6 Å². The summed E-state index contributed by atoms with van der Waals surface area (Å²) in [5, 5.41) is 2.23. The van der Waals surface area contributed by atoms with E-state index in [1.54, 1.807) is 20.8 Å². The van der Waals surface area contributed by atoms with E-state index in [1.807, 2.05) is 48.5 Å². The SMILES string of the molecule is CC(C)(C)OC(=O)[C@H](CC(F)F)NC(=O)OCC1c2ccccc2-c2ccccc21. The van der Waals surface area contributed by atoms with Crippen molar-refractivity contribution in [1.82, 2.24) is 5.32 Å². The predicted molar refractivity (Wildman–Crippen MR) is 108 cm³/mol. The van der Waals surface area contributed by atoms with Gasteiger partial charge in [0.15, 0.2) is 0 Å². The van der Waals surface area contributed by atoms with Crippen LogP contribution in [0.3, 0.4) is 0 Å². The van der Waals surface area contributed by atoms with E-state index in [4.69, 9.17) is 9.47 Å². The summed E-state index contributed by atoms with van der Waals surface area (Å²) in [5.41, 5.74) is 3.35. The number of fused-ring (bicyclic) bond motifs is 3. The van der Waals surface area contributed by atoms with Crippen LogP contribution in [0.25, 0.3) is 11.1 Å². The zero-order valence-corrected chi connectivity index (χ0v) is 17.2. The molecule has 1 aliphatic carbocycles. The summed E-state index contributed by atoms with van der Waals surface area (Å²) in [7, 11) is 0. The molecule has 160 valence electrons. The van der Waals surface area contributed by atoms with Crippen LogP contribution in [0.5, 0.6) is 0 Å². The highest BCUT2D eigenvalue weighted by Gasteiger charge is 2.32. The Morgan fingerprint density at radius 1 is 1.00 bits per heavy atom. The topological polar surface area (TPSA) is 64.6 Å². The van der Waals surface area contributed by atoms with E-state index in [2.05, 4.69) is 5.32 Å². The van der Waals surface area contributed by atoms with Crippen molar-refractivity contribution < 1.29 is 27.8 Å². The van der Waals surface area contributed by atoms with E-state index in [-0.39, 0.29) is 12.5 Å². The number of carbonyl (C=O) groups excluding carboxylic acids is 2. The number of halogens is 2. The van der Waals surface area contributed by atoms with Gasteiger partial charge in [0.25, 0.3) is 0 Å². The van der Waals surface area contributed by atoms with Crippen LogP contribution in [-0.2, 0) is 14.3 Å². The first-order valence-corrected chi connectivity index (χ1v) is 9.78. The number of carbonyl (C=O) groups is 2. The van der Waals surface area contributed by atoms with Crippen molar-refractivity contribution in [1.29, 1.82) is 0 Å². The van der Waals surface area contributed by atoms with Gasteiger partial charge in [0.05, 0.1) is 0 Å². The molecule has 2 aromatic carbocycles. The Hall–Kier alpha value is -2.96. The van der Waals surface area contributed by atoms with Crippen molar-refractivity contribution >= 4 is 12.1 Å². The van der Waals surface area contributed by atoms with Gasteiger partial charge < -0.3 is 14.8 Å². The highest BCUT2D eigenvalue weighted by Crippen LogP contribution is 2.44. The fourth-order valence-electron chi connectivity index (χ4n) is 3.55. The molecule has 0 heterocycles. The molecule has 0 aliphatic heterocycles. The van der Waals surface area contributed by atoms with Crippen molar-refractivity contribution in [3.05, 3.63) is 59.7 Å². The van der Waals surface area contributed by atoms with Gasteiger partial charge in [-0.15, -0.1) is 0 Å². The lowest BCUT2D eigenvalue weighted by molar-refractivity contribution is -0.158. The van der Waals surface area contributed by atoms with Gasteiger partial charge in [-0.1, -0.05) is 48.5 Å². The molecule has 0 spiro atoms. The van der Waals surface area contributed by atoms with Gasteiger partial charge in [0.1, 0.15) is 18.2 Å². The monoisotopic (exact) mass is 417 g/mol. The average molecular weight is 417 g/mol. The second-order valence-corrected chi connectivity index (χ2v) is 8.18. The third kappa shape index (κ3) is 5.14. The average Bonchev–Trinajstić information content (AvgIpc) is 2.98. The molecule has 1 N–H and O–H groups in total. The minimum absolute atomic E-state index is 0.0234. The number of alkyl carbamates (subject to hydrolysis) is 1. The summed E-state index contributed by atoms with van der Waals surface area (Å²) >= 11 is 0.